The zero-order valence-electron chi connectivity index (χ0n) is 21.7. The maximum absolute atomic E-state index is 13.2. The molecule has 1 aromatic heterocycles. The molecule has 0 unspecified atom stereocenters. The molecule has 0 aliphatic rings. The van der Waals surface area contributed by atoms with Gasteiger partial charge in [-0.15, -0.1) is 0 Å². The van der Waals surface area contributed by atoms with Crippen molar-refractivity contribution in [2.24, 2.45) is 5.92 Å². The fraction of sp³-hybridized carbons (Fsp3) is 0.286. The highest BCUT2D eigenvalue weighted by Gasteiger charge is 2.30. The van der Waals surface area contributed by atoms with E-state index in [1.807, 2.05) is 51.1 Å². The summed E-state index contributed by atoms with van der Waals surface area (Å²) in [4.78, 5) is 43.1. The second-order valence-corrected chi connectivity index (χ2v) is 9.56. The van der Waals surface area contributed by atoms with Gasteiger partial charge in [-0.25, -0.2) is 0 Å². The molecule has 0 radical (unpaired) electrons. The van der Waals surface area contributed by atoms with Crippen LogP contribution in [0.4, 0.5) is 0 Å². The molecule has 3 aromatic rings. The van der Waals surface area contributed by atoms with Gasteiger partial charge < -0.3 is 26.0 Å². The number of hydrogen-bond donors (Lipinski definition) is 5. The van der Waals surface area contributed by atoms with Crippen LogP contribution >= 0.6 is 0 Å². The molecule has 0 aliphatic heterocycles. The zero-order chi connectivity index (χ0) is 27.7. The van der Waals surface area contributed by atoms with Crippen LogP contribution in [0.3, 0.4) is 0 Å². The molecule has 3 amide bonds. The quantitative estimate of drug-likeness (QED) is 0.248. The fourth-order valence-electron chi connectivity index (χ4n) is 3.85. The van der Waals surface area contributed by atoms with E-state index in [2.05, 4.69) is 20.9 Å². The second kappa shape index (κ2) is 13.5. The number of pyridine rings is 1. The predicted octanol–water partition coefficient (Wildman–Crippen LogP) is 2.13. The van der Waals surface area contributed by atoms with Crippen LogP contribution in [0.2, 0.25) is 0 Å². The molecule has 9 nitrogen and oxygen atoms in total. The van der Waals surface area contributed by atoms with E-state index in [-0.39, 0.29) is 18.2 Å². The van der Waals surface area contributed by atoms with E-state index >= 15 is 0 Å². The van der Waals surface area contributed by atoms with Crippen molar-refractivity contribution in [3.63, 3.8) is 0 Å². The average Bonchev–Trinajstić information content (AvgIpc) is 2.91. The van der Waals surface area contributed by atoms with Gasteiger partial charge in [-0.1, -0.05) is 61.9 Å². The molecule has 0 aliphatic carbocycles. The van der Waals surface area contributed by atoms with E-state index in [4.69, 9.17) is 0 Å². The monoisotopic (exact) mass is 516 g/mol. The number of carbonyl (C=O) groups excluding carboxylic acids is 3. The maximum Gasteiger partial charge on any atom is 0.475 e. The number of benzene rings is 2. The topological polar surface area (TPSA) is 141 Å². The van der Waals surface area contributed by atoms with Crippen molar-refractivity contribution in [1.29, 1.82) is 0 Å². The molecule has 0 bridgehead atoms. The van der Waals surface area contributed by atoms with Crippen LogP contribution in [0.1, 0.15) is 46.7 Å². The van der Waals surface area contributed by atoms with Crippen molar-refractivity contribution in [2.75, 3.05) is 6.54 Å². The van der Waals surface area contributed by atoms with Gasteiger partial charge in [-0.2, -0.15) is 0 Å². The summed E-state index contributed by atoms with van der Waals surface area (Å²) >= 11 is 0. The smallest absolute Gasteiger partial charge is 0.426 e. The van der Waals surface area contributed by atoms with Gasteiger partial charge in [-0.05, 0) is 54.7 Å². The molecule has 5 N–H and O–H groups in total. The molecule has 0 saturated heterocycles. The first kappa shape index (κ1) is 28.6. The summed E-state index contributed by atoms with van der Waals surface area (Å²) in [6.45, 7) is 5.45. The third-order valence-electron chi connectivity index (χ3n) is 5.91. The summed E-state index contributed by atoms with van der Waals surface area (Å²) in [5, 5.41) is 27.4. The number of nitrogens with one attached hydrogen (secondary N) is 3. The van der Waals surface area contributed by atoms with E-state index in [9.17, 15) is 24.4 Å². The Kier molecular flexibility index (Phi) is 10.1. The molecule has 0 saturated carbocycles. The Bertz CT molecular complexity index is 1240. The molecule has 2 atom stereocenters. The van der Waals surface area contributed by atoms with Crippen molar-refractivity contribution in [1.82, 2.24) is 20.9 Å². The van der Waals surface area contributed by atoms with E-state index in [0.29, 0.717) is 12.0 Å². The van der Waals surface area contributed by atoms with Gasteiger partial charge >= 0.3 is 7.12 Å². The number of amides is 3. The molecule has 1 heterocycles. The summed E-state index contributed by atoms with van der Waals surface area (Å²) in [5.41, 5.74) is 3.17. The maximum atomic E-state index is 13.2. The normalized spacial score (nSPS) is 12.4. The average molecular weight is 516 g/mol. The summed E-state index contributed by atoms with van der Waals surface area (Å²) in [6.07, 6.45) is 1.81. The largest absolute Gasteiger partial charge is 0.475 e. The lowest BCUT2D eigenvalue weighted by molar-refractivity contribution is -0.123. The minimum atomic E-state index is -1.79. The Hall–Kier alpha value is -4.02. The van der Waals surface area contributed by atoms with Crippen LogP contribution < -0.4 is 16.0 Å². The number of hydrogen-bond acceptors (Lipinski definition) is 6. The Morgan fingerprint density at radius 3 is 2.21 bits per heavy atom. The SMILES string of the molecule is Cc1ccc(C(=O)NC[C@H](NC(=O)c2cc(-c3ccccc3)ccn2)C(=O)N[C@@H](CC(C)C)B(O)O)cc1. The summed E-state index contributed by atoms with van der Waals surface area (Å²) < 4.78 is 0. The standard InChI is InChI=1S/C28H33BN4O5/c1-18(2)15-25(29(37)38)33-28(36)24(17-31-26(34)21-11-9-19(3)10-12-21)32-27(35)23-16-22(13-14-30-23)20-7-5-4-6-8-20/h4-14,16,18,24-25,37-38H,15,17H2,1-3H3,(H,31,34)(H,32,35)(H,33,36)/t24-,25-/m0/s1. The lowest BCUT2D eigenvalue weighted by atomic mass is 9.75. The Morgan fingerprint density at radius 2 is 1.58 bits per heavy atom. The van der Waals surface area contributed by atoms with Gasteiger partial charge in [0, 0.05) is 18.3 Å². The van der Waals surface area contributed by atoms with Crippen molar-refractivity contribution in [2.45, 2.75) is 39.2 Å². The Labute approximate surface area is 222 Å². The van der Waals surface area contributed by atoms with Gasteiger partial charge in [0.2, 0.25) is 5.91 Å². The van der Waals surface area contributed by atoms with E-state index in [1.165, 1.54) is 6.20 Å². The van der Waals surface area contributed by atoms with Crippen LogP contribution in [-0.4, -0.2) is 58.4 Å². The Balaban J connectivity index is 1.79. The second-order valence-electron chi connectivity index (χ2n) is 9.56. The summed E-state index contributed by atoms with van der Waals surface area (Å²) in [7, 11) is -1.79. The summed E-state index contributed by atoms with van der Waals surface area (Å²) in [6, 6.07) is 18.6. The van der Waals surface area contributed by atoms with Crippen molar-refractivity contribution >= 4 is 24.8 Å². The molecule has 0 fully saturated rings. The highest BCUT2D eigenvalue weighted by atomic mass is 16.4. The highest BCUT2D eigenvalue weighted by Crippen LogP contribution is 2.19. The van der Waals surface area contributed by atoms with Gasteiger partial charge in [0.05, 0.1) is 5.94 Å². The van der Waals surface area contributed by atoms with Crippen molar-refractivity contribution in [3.05, 3.63) is 89.7 Å². The van der Waals surface area contributed by atoms with Crippen LogP contribution in [0.15, 0.2) is 72.9 Å². The number of rotatable bonds is 11. The van der Waals surface area contributed by atoms with Gasteiger partial charge in [0.1, 0.15) is 11.7 Å². The van der Waals surface area contributed by atoms with E-state index in [1.54, 1.807) is 36.4 Å². The molecule has 2 aromatic carbocycles. The van der Waals surface area contributed by atoms with Crippen LogP contribution in [0.25, 0.3) is 11.1 Å². The van der Waals surface area contributed by atoms with Crippen LogP contribution in [0.5, 0.6) is 0 Å². The van der Waals surface area contributed by atoms with Crippen LogP contribution in [0, 0.1) is 12.8 Å². The van der Waals surface area contributed by atoms with Gasteiger partial charge in [0.25, 0.3) is 11.8 Å². The highest BCUT2D eigenvalue weighted by molar-refractivity contribution is 6.43. The summed E-state index contributed by atoms with van der Waals surface area (Å²) in [5.74, 6) is -2.57. The zero-order valence-corrected chi connectivity index (χ0v) is 21.7. The lowest BCUT2D eigenvalue weighted by Crippen LogP contribution is -2.57. The number of carbonyl (C=O) groups is 3. The number of aromatic nitrogens is 1. The number of nitrogens with zero attached hydrogens (tertiary/aromatic N) is 1. The first-order chi connectivity index (χ1) is 18.1. The molecular formula is C28H33BN4O5. The molecular weight excluding hydrogens is 483 g/mol. The molecule has 3 rings (SSSR count). The molecule has 198 valence electrons. The lowest BCUT2D eigenvalue weighted by Gasteiger charge is -2.24. The van der Waals surface area contributed by atoms with Crippen molar-refractivity contribution < 1.29 is 24.4 Å². The van der Waals surface area contributed by atoms with E-state index in [0.717, 1.165) is 16.7 Å². The Morgan fingerprint density at radius 1 is 0.895 bits per heavy atom. The molecule has 10 heteroatoms. The first-order valence-corrected chi connectivity index (χ1v) is 12.5. The third-order valence-corrected chi connectivity index (χ3v) is 5.91. The third kappa shape index (κ3) is 8.26. The predicted molar refractivity (Wildman–Crippen MR) is 146 cm³/mol. The minimum absolute atomic E-state index is 0.0707. The van der Waals surface area contributed by atoms with Crippen LogP contribution in [-0.2, 0) is 4.79 Å². The van der Waals surface area contributed by atoms with Gasteiger partial charge in [-0.3, -0.25) is 19.4 Å². The molecule has 38 heavy (non-hydrogen) atoms. The first-order valence-electron chi connectivity index (χ1n) is 12.5. The molecule has 0 spiro atoms. The minimum Gasteiger partial charge on any atom is -0.426 e. The van der Waals surface area contributed by atoms with E-state index < -0.39 is 36.8 Å². The fourth-order valence-corrected chi connectivity index (χ4v) is 3.85. The van der Waals surface area contributed by atoms with Gasteiger partial charge in [0.15, 0.2) is 0 Å². The van der Waals surface area contributed by atoms with Crippen molar-refractivity contribution in [3.8, 4) is 11.1 Å². The number of aryl methyl sites for hydroxylation is 1.